The minimum Gasteiger partial charge on any atom is -0.491 e. The number of thiophene rings is 1. The first-order valence-corrected chi connectivity index (χ1v) is 7.77. The number of hydrogen-bond donors (Lipinski definition) is 0. The van der Waals surface area contributed by atoms with Crippen LogP contribution in [-0.2, 0) is 0 Å². The first-order valence-electron chi connectivity index (χ1n) is 6.14. The molecule has 0 saturated carbocycles. The predicted octanol–water partition coefficient (Wildman–Crippen LogP) is 5.83. The quantitative estimate of drug-likeness (QED) is 0.645. The molecular weight excluding hydrogens is 299 g/mol. The fourth-order valence-electron chi connectivity index (χ4n) is 1.79. The highest BCUT2D eigenvalue weighted by Crippen LogP contribution is 2.38. The number of benzene rings is 1. The van der Waals surface area contributed by atoms with Gasteiger partial charge in [0.25, 0.3) is 0 Å². The maximum absolute atomic E-state index is 6.52. The summed E-state index contributed by atoms with van der Waals surface area (Å²) in [5.41, 5.74) is 2.10. The molecule has 0 aliphatic rings. The lowest BCUT2D eigenvalue weighted by atomic mass is 10.1. The SMILES string of the molecule is Cc1cc(C(Cl)c2cccc(OC(C)C)c2)sc1Cl. The first kappa shape index (κ1) is 14.7. The summed E-state index contributed by atoms with van der Waals surface area (Å²) in [6.07, 6.45) is 0.155. The van der Waals surface area contributed by atoms with Crippen molar-refractivity contribution in [3.63, 3.8) is 0 Å². The zero-order valence-electron chi connectivity index (χ0n) is 11.1. The van der Waals surface area contributed by atoms with Crippen molar-refractivity contribution in [3.05, 3.63) is 50.7 Å². The third-order valence-electron chi connectivity index (χ3n) is 2.65. The lowest BCUT2D eigenvalue weighted by Crippen LogP contribution is -2.05. The van der Waals surface area contributed by atoms with Crippen LogP contribution in [0.2, 0.25) is 4.34 Å². The number of aryl methyl sites for hydroxylation is 1. The molecule has 1 nitrogen and oxygen atoms in total. The fraction of sp³-hybridized carbons (Fsp3) is 0.333. The Hall–Kier alpha value is -0.700. The molecule has 1 heterocycles. The topological polar surface area (TPSA) is 9.23 Å². The van der Waals surface area contributed by atoms with Gasteiger partial charge >= 0.3 is 0 Å². The van der Waals surface area contributed by atoms with Gasteiger partial charge in [0.2, 0.25) is 0 Å². The van der Waals surface area contributed by atoms with E-state index < -0.39 is 0 Å². The number of hydrogen-bond acceptors (Lipinski definition) is 2. The van der Waals surface area contributed by atoms with E-state index in [1.165, 1.54) is 11.3 Å². The third-order valence-corrected chi connectivity index (χ3v) is 4.89. The lowest BCUT2D eigenvalue weighted by molar-refractivity contribution is 0.242. The Labute approximate surface area is 128 Å². The van der Waals surface area contributed by atoms with Crippen LogP contribution in [0.3, 0.4) is 0 Å². The molecule has 1 unspecified atom stereocenters. The first-order chi connectivity index (χ1) is 8.97. The average Bonchev–Trinajstić information content (AvgIpc) is 2.68. The van der Waals surface area contributed by atoms with E-state index in [0.29, 0.717) is 0 Å². The molecule has 0 N–H and O–H groups in total. The summed E-state index contributed by atoms with van der Waals surface area (Å²) in [4.78, 5) is 1.06. The van der Waals surface area contributed by atoms with Gasteiger partial charge in [-0.05, 0) is 50.1 Å². The summed E-state index contributed by atoms with van der Waals surface area (Å²) in [6.45, 7) is 6.00. The molecule has 19 heavy (non-hydrogen) atoms. The number of halogens is 2. The monoisotopic (exact) mass is 314 g/mol. The van der Waals surface area contributed by atoms with E-state index in [2.05, 4.69) is 0 Å². The molecule has 1 aromatic carbocycles. The molecule has 0 bridgehead atoms. The van der Waals surface area contributed by atoms with Crippen LogP contribution < -0.4 is 4.74 Å². The summed E-state index contributed by atoms with van der Waals surface area (Å²) >= 11 is 14.1. The molecule has 0 spiro atoms. The van der Waals surface area contributed by atoms with Gasteiger partial charge in [0, 0.05) is 4.88 Å². The van der Waals surface area contributed by atoms with E-state index in [4.69, 9.17) is 27.9 Å². The zero-order valence-corrected chi connectivity index (χ0v) is 13.4. The van der Waals surface area contributed by atoms with Crippen LogP contribution in [0, 0.1) is 6.92 Å². The van der Waals surface area contributed by atoms with E-state index in [9.17, 15) is 0 Å². The molecule has 2 rings (SSSR count). The van der Waals surface area contributed by atoms with Gasteiger partial charge in [-0.15, -0.1) is 22.9 Å². The maximum Gasteiger partial charge on any atom is 0.120 e. The molecule has 0 aliphatic carbocycles. The van der Waals surface area contributed by atoms with Crippen LogP contribution in [0.4, 0.5) is 0 Å². The molecule has 1 aromatic heterocycles. The Kier molecular flexibility index (Phi) is 4.77. The zero-order chi connectivity index (χ0) is 14.0. The van der Waals surface area contributed by atoms with Gasteiger partial charge in [-0.25, -0.2) is 0 Å². The summed E-state index contributed by atoms with van der Waals surface area (Å²) in [6, 6.07) is 9.94. The molecule has 0 aliphatic heterocycles. The minimum atomic E-state index is -0.188. The highest BCUT2D eigenvalue weighted by molar-refractivity contribution is 7.16. The average molecular weight is 315 g/mol. The Morgan fingerprint density at radius 1 is 1.21 bits per heavy atom. The fourth-order valence-corrected chi connectivity index (χ4v) is 3.35. The summed E-state index contributed by atoms with van der Waals surface area (Å²) in [7, 11) is 0. The smallest absolute Gasteiger partial charge is 0.120 e. The van der Waals surface area contributed by atoms with Crippen LogP contribution in [0.1, 0.15) is 35.2 Å². The molecular formula is C15H16Cl2OS. The van der Waals surface area contributed by atoms with Crippen molar-refractivity contribution in [2.45, 2.75) is 32.3 Å². The van der Waals surface area contributed by atoms with Gasteiger partial charge in [0.15, 0.2) is 0 Å². The normalized spacial score (nSPS) is 12.7. The van der Waals surface area contributed by atoms with Crippen LogP contribution in [0.25, 0.3) is 0 Å². The number of alkyl halides is 1. The minimum absolute atomic E-state index is 0.155. The molecule has 1 atom stereocenters. The van der Waals surface area contributed by atoms with Crippen LogP contribution >= 0.6 is 34.5 Å². The number of rotatable bonds is 4. The van der Waals surface area contributed by atoms with E-state index in [1.807, 2.05) is 51.1 Å². The van der Waals surface area contributed by atoms with Crippen molar-refractivity contribution in [2.75, 3.05) is 0 Å². The molecule has 0 amide bonds. The molecule has 4 heteroatoms. The van der Waals surface area contributed by atoms with Crippen molar-refractivity contribution in [1.29, 1.82) is 0 Å². The second-order valence-electron chi connectivity index (χ2n) is 4.71. The Morgan fingerprint density at radius 3 is 2.53 bits per heavy atom. The van der Waals surface area contributed by atoms with Crippen molar-refractivity contribution < 1.29 is 4.74 Å². The molecule has 102 valence electrons. The van der Waals surface area contributed by atoms with Crippen molar-refractivity contribution in [3.8, 4) is 5.75 Å². The largest absolute Gasteiger partial charge is 0.491 e. The van der Waals surface area contributed by atoms with Gasteiger partial charge in [0.05, 0.1) is 15.8 Å². The number of ether oxygens (including phenoxy) is 1. The van der Waals surface area contributed by atoms with Crippen LogP contribution in [-0.4, -0.2) is 6.10 Å². The third kappa shape index (κ3) is 3.65. The van der Waals surface area contributed by atoms with Crippen LogP contribution in [0.5, 0.6) is 5.75 Å². The molecule has 0 radical (unpaired) electrons. The Bertz CT molecular complexity index is 544. The van der Waals surface area contributed by atoms with Crippen LogP contribution in [0.15, 0.2) is 30.3 Å². The summed E-state index contributed by atoms with van der Waals surface area (Å²) < 4.78 is 6.49. The van der Waals surface area contributed by atoms with Gasteiger partial charge in [-0.2, -0.15) is 0 Å². The van der Waals surface area contributed by atoms with Crippen molar-refractivity contribution in [1.82, 2.24) is 0 Å². The molecule has 2 aromatic rings. The summed E-state index contributed by atoms with van der Waals surface area (Å²) in [5.74, 6) is 0.845. The second kappa shape index (κ2) is 6.17. The molecule has 0 saturated heterocycles. The van der Waals surface area contributed by atoms with Gasteiger partial charge in [-0.3, -0.25) is 0 Å². The summed E-state index contributed by atoms with van der Waals surface area (Å²) in [5, 5.41) is -0.188. The van der Waals surface area contributed by atoms with Gasteiger partial charge in [-0.1, -0.05) is 23.7 Å². The van der Waals surface area contributed by atoms with E-state index in [0.717, 1.165) is 26.1 Å². The highest BCUT2D eigenvalue weighted by Gasteiger charge is 2.15. The highest BCUT2D eigenvalue weighted by atomic mass is 35.5. The Morgan fingerprint density at radius 2 is 1.95 bits per heavy atom. The Balaban J connectivity index is 2.25. The second-order valence-corrected chi connectivity index (χ2v) is 6.83. The van der Waals surface area contributed by atoms with Crippen molar-refractivity contribution >= 4 is 34.5 Å². The molecule has 0 fully saturated rings. The van der Waals surface area contributed by atoms with Gasteiger partial charge < -0.3 is 4.74 Å². The maximum atomic E-state index is 6.52. The van der Waals surface area contributed by atoms with Gasteiger partial charge in [0.1, 0.15) is 5.75 Å². The van der Waals surface area contributed by atoms with E-state index in [-0.39, 0.29) is 11.5 Å². The lowest BCUT2D eigenvalue weighted by Gasteiger charge is -2.13. The van der Waals surface area contributed by atoms with E-state index >= 15 is 0 Å². The standard InChI is InChI=1S/C15H16Cl2OS/c1-9(2)18-12-6-4-5-11(8-12)14(16)13-7-10(3)15(17)19-13/h4-9,14H,1-3H3. The van der Waals surface area contributed by atoms with Crippen molar-refractivity contribution in [2.24, 2.45) is 0 Å². The predicted molar refractivity (Wildman–Crippen MR) is 84.0 cm³/mol. The van der Waals surface area contributed by atoms with E-state index in [1.54, 1.807) is 0 Å².